The Labute approximate surface area is 193 Å². The molecular formula is C27H24N2O3S. The average Bonchev–Trinajstić information content (AvgIpc) is 3.24. The maximum Gasteiger partial charge on any atom is 0.255 e. The molecule has 0 saturated heterocycles. The molecule has 1 amide bonds. The highest BCUT2D eigenvalue weighted by atomic mass is 32.2. The van der Waals surface area contributed by atoms with Gasteiger partial charge in [-0.15, -0.1) is 0 Å². The summed E-state index contributed by atoms with van der Waals surface area (Å²) in [7, 11) is -3.45. The van der Waals surface area contributed by atoms with E-state index in [2.05, 4.69) is 23.5 Å². The second kappa shape index (κ2) is 8.37. The number of sulfonamides is 1. The predicted molar refractivity (Wildman–Crippen MR) is 133 cm³/mol. The largest absolute Gasteiger partial charge is 0.321 e. The zero-order valence-electron chi connectivity index (χ0n) is 18.3. The third kappa shape index (κ3) is 4.22. The van der Waals surface area contributed by atoms with Gasteiger partial charge in [-0.1, -0.05) is 54.6 Å². The van der Waals surface area contributed by atoms with Gasteiger partial charge in [0, 0.05) is 16.6 Å². The normalized spacial score (nSPS) is 12.6. The van der Waals surface area contributed by atoms with Gasteiger partial charge in [-0.05, 0) is 65.3 Å². The number of benzene rings is 4. The van der Waals surface area contributed by atoms with E-state index in [9.17, 15) is 13.2 Å². The number of nitrogens with one attached hydrogen (secondary N) is 1. The number of hydrogen-bond acceptors (Lipinski definition) is 3. The molecule has 0 radical (unpaired) electrons. The quantitative estimate of drug-likeness (QED) is 0.436. The predicted octanol–water partition coefficient (Wildman–Crippen LogP) is 5.16. The second-order valence-corrected chi connectivity index (χ2v) is 10.3. The van der Waals surface area contributed by atoms with Gasteiger partial charge >= 0.3 is 0 Å². The smallest absolute Gasteiger partial charge is 0.255 e. The van der Waals surface area contributed by atoms with Crippen LogP contribution >= 0.6 is 0 Å². The van der Waals surface area contributed by atoms with E-state index in [-0.39, 0.29) is 12.5 Å². The van der Waals surface area contributed by atoms with Gasteiger partial charge in [0.25, 0.3) is 5.91 Å². The number of rotatable bonds is 6. The van der Waals surface area contributed by atoms with Gasteiger partial charge in [0.15, 0.2) is 0 Å². The third-order valence-electron chi connectivity index (χ3n) is 6.11. The van der Waals surface area contributed by atoms with E-state index in [0.717, 1.165) is 29.5 Å². The Morgan fingerprint density at radius 3 is 2.24 bits per heavy atom. The zero-order valence-corrected chi connectivity index (χ0v) is 19.1. The van der Waals surface area contributed by atoms with E-state index in [1.54, 1.807) is 48.5 Å². The SMILES string of the molecule is CS(=O)(=O)N(Cc1ccc(C(=O)Nc2ccc3c4c(cccc24)CC3)cc1)c1ccccc1. The Morgan fingerprint density at radius 2 is 1.55 bits per heavy atom. The minimum Gasteiger partial charge on any atom is -0.321 e. The molecule has 33 heavy (non-hydrogen) atoms. The Morgan fingerprint density at radius 1 is 0.848 bits per heavy atom. The maximum atomic E-state index is 12.9. The Bertz CT molecular complexity index is 1440. The van der Waals surface area contributed by atoms with E-state index < -0.39 is 10.0 Å². The van der Waals surface area contributed by atoms with Crippen LogP contribution in [0.25, 0.3) is 10.8 Å². The minimum atomic E-state index is -3.45. The summed E-state index contributed by atoms with van der Waals surface area (Å²) in [6.45, 7) is 0.194. The molecule has 166 valence electrons. The molecular weight excluding hydrogens is 432 g/mol. The van der Waals surface area contributed by atoms with Gasteiger partial charge in [-0.25, -0.2) is 8.42 Å². The lowest BCUT2D eigenvalue weighted by Gasteiger charge is -2.22. The number of nitrogens with zero attached hydrogens (tertiary/aromatic N) is 1. The lowest BCUT2D eigenvalue weighted by Crippen LogP contribution is -2.29. The molecule has 1 aliphatic rings. The van der Waals surface area contributed by atoms with Gasteiger partial charge in [0.1, 0.15) is 0 Å². The molecule has 1 N–H and O–H groups in total. The van der Waals surface area contributed by atoms with E-state index >= 15 is 0 Å². The molecule has 5 nitrogen and oxygen atoms in total. The van der Waals surface area contributed by atoms with Crippen molar-refractivity contribution in [2.75, 3.05) is 15.9 Å². The number of carbonyl (C=O) groups excluding carboxylic acids is 1. The van der Waals surface area contributed by atoms with Crippen LogP contribution < -0.4 is 9.62 Å². The molecule has 0 spiro atoms. The van der Waals surface area contributed by atoms with Crippen LogP contribution in [-0.2, 0) is 29.4 Å². The van der Waals surface area contributed by atoms with Crippen LogP contribution in [0.15, 0.2) is 84.9 Å². The van der Waals surface area contributed by atoms with Gasteiger partial charge in [0.05, 0.1) is 18.5 Å². The maximum absolute atomic E-state index is 12.9. The summed E-state index contributed by atoms with van der Waals surface area (Å²) in [5, 5.41) is 5.37. The van der Waals surface area contributed by atoms with Crippen molar-refractivity contribution in [2.24, 2.45) is 0 Å². The third-order valence-corrected chi connectivity index (χ3v) is 7.25. The lowest BCUT2D eigenvalue weighted by atomic mass is 10.0. The first kappa shape index (κ1) is 21.2. The van der Waals surface area contributed by atoms with Crippen molar-refractivity contribution in [3.05, 3.63) is 107 Å². The standard InChI is InChI=1S/C27H24N2O3S/c1-33(31,32)29(23-7-3-2-4-8-23)18-19-10-12-22(13-11-19)27(30)28-25-17-16-21-15-14-20-6-5-9-24(25)26(20)21/h2-13,16-17H,14-15,18H2,1H3,(H,28,30). The summed E-state index contributed by atoms with van der Waals surface area (Å²) in [5.74, 6) is -0.191. The monoisotopic (exact) mass is 456 g/mol. The van der Waals surface area contributed by atoms with Crippen molar-refractivity contribution in [3.63, 3.8) is 0 Å². The molecule has 0 atom stereocenters. The summed E-state index contributed by atoms with van der Waals surface area (Å²) in [4.78, 5) is 12.9. The van der Waals surface area contributed by atoms with Crippen LogP contribution in [0.4, 0.5) is 11.4 Å². The van der Waals surface area contributed by atoms with Crippen LogP contribution in [0, 0.1) is 0 Å². The molecule has 5 rings (SSSR count). The summed E-state index contributed by atoms with van der Waals surface area (Å²) in [6.07, 6.45) is 3.28. The van der Waals surface area contributed by atoms with Crippen molar-refractivity contribution in [1.82, 2.24) is 0 Å². The fourth-order valence-corrected chi connectivity index (χ4v) is 5.36. The van der Waals surface area contributed by atoms with Crippen LogP contribution in [0.5, 0.6) is 0 Å². The average molecular weight is 457 g/mol. The lowest BCUT2D eigenvalue weighted by molar-refractivity contribution is 0.102. The molecule has 0 fully saturated rings. The Kier molecular flexibility index (Phi) is 5.38. The molecule has 0 bridgehead atoms. The molecule has 4 aromatic rings. The van der Waals surface area contributed by atoms with Gasteiger partial charge in [-0.3, -0.25) is 9.10 Å². The zero-order chi connectivity index (χ0) is 23.0. The number of carbonyl (C=O) groups is 1. The molecule has 0 saturated carbocycles. The fraction of sp³-hybridized carbons (Fsp3) is 0.148. The van der Waals surface area contributed by atoms with E-state index in [1.165, 1.54) is 27.1 Å². The van der Waals surface area contributed by atoms with Crippen molar-refractivity contribution >= 4 is 38.1 Å². The number of anilines is 2. The van der Waals surface area contributed by atoms with Crippen LogP contribution in [0.3, 0.4) is 0 Å². The van der Waals surface area contributed by atoms with Gasteiger partial charge < -0.3 is 5.32 Å². The Balaban J connectivity index is 1.36. The van der Waals surface area contributed by atoms with E-state index in [1.807, 2.05) is 18.2 Å². The fourth-order valence-electron chi connectivity index (χ4n) is 4.47. The van der Waals surface area contributed by atoms with Crippen molar-refractivity contribution in [2.45, 2.75) is 19.4 Å². The first-order valence-corrected chi connectivity index (χ1v) is 12.7. The molecule has 0 unspecified atom stereocenters. The molecule has 6 heteroatoms. The molecule has 0 heterocycles. The highest BCUT2D eigenvalue weighted by Gasteiger charge is 2.19. The highest BCUT2D eigenvalue weighted by molar-refractivity contribution is 7.92. The number of hydrogen-bond donors (Lipinski definition) is 1. The Hall–Kier alpha value is -3.64. The number of aryl methyl sites for hydroxylation is 2. The van der Waals surface area contributed by atoms with Crippen LogP contribution in [0.2, 0.25) is 0 Å². The summed E-state index contributed by atoms with van der Waals surface area (Å²) in [6, 6.07) is 26.4. The molecule has 1 aliphatic carbocycles. The topological polar surface area (TPSA) is 66.5 Å². The first-order valence-electron chi connectivity index (χ1n) is 10.9. The van der Waals surface area contributed by atoms with Crippen LogP contribution in [-0.4, -0.2) is 20.6 Å². The molecule has 4 aromatic carbocycles. The summed E-state index contributed by atoms with van der Waals surface area (Å²) >= 11 is 0. The van der Waals surface area contributed by atoms with Crippen molar-refractivity contribution in [1.29, 1.82) is 0 Å². The van der Waals surface area contributed by atoms with Crippen molar-refractivity contribution in [3.8, 4) is 0 Å². The van der Waals surface area contributed by atoms with Crippen molar-refractivity contribution < 1.29 is 13.2 Å². The second-order valence-electron chi connectivity index (χ2n) is 8.37. The summed E-state index contributed by atoms with van der Waals surface area (Å²) in [5.41, 5.74) is 5.39. The minimum absolute atomic E-state index is 0.191. The van der Waals surface area contributed by atoms with Gasteiger partial charge in [-0.2, -0.15) is 0 Å². The van der Waals surface area contributed by atoms with E-state index in [0.29, 0.717) is 11.3 Å². The first-order chi connectivity index (χ1) is 15.9. The van der Waals surface area contributed by atoms with E-state index in [4.69, 9.17) is 0 Å². The summed E-state index contributed by atoms with van der Waals surface area (Å²) < 4.78 is 26.0. The number of para-hydroxylation sites is 1. The van der Waals surface area contributed by atoms with Gasteiger partial charge in [0.2, 0.25) is 10.0 Å². The molecule has 0 aromatic heterocycles. The number of amides is 1. The van der Waals surface area contributed by atoms with Crippen LogP contribution in [0.1, 0.15) is 27.0 Å². The highest BCUT2D eigenvalue weighted by Crippen LogP contribution is 2.35. The molecule has 0 aliphatic heterocycles.